The van der Waals surface area contributed by atoms with Crippen LogP contribution in [0, 0.1) is 0 Å². The van der Waals surface area contributed by atoms with E-state index in [4.69, 9.17) is 22.4 Å². The van der Waals surface area contributed by atoms with Gasteiger partial charge in [0.1, 0.15) is 0 Å². The molecule has 0 spiro atoms. The Bertz CT molecular complexity index is 585. The number of halogens is 1. The second-order valence-electron chi connectivity index (χ2n) is 4.04. The van der Waals surface area contributed by atoms with E-state index in [1.54, 1.807) is 17.4 Å². The van der Waals surface area contributed by atoms with Gasteiger partial charge >= 0.3 is 5.97 Å². The number of hydrogen-bond acceptors (Lipinski definition) is 4. The fraction of sp³-hybridized carbons (Fsp3) is 0.154. The van der Waals surface area contributed by atoms with E-state index in [9.17, 15) is 4.79 Å². The lowest BCUT2D eigenvalue weighted by Crippen LogP contribution is -2.10. The number of carboxylic acids is 1. The maximum absolute atomic E-state index is 11.2. The summed E-state index contributed by atoms with van der Waals surface area (Å²) < 4.78 is 0. The van der Waals surface area contributed by atoms with Crippen molar-refractivity contribution < 1.29 is 9.90 Å². The predicted octanol–water partition coefficient (Wildman–Crippen LogP) is 3.34. The van der Waals surface area contributed by atoms with Gasteiger partial charge < -0.3 is 16.2 Å². The highest BCUT2D eigenvalue weighted by atomic mass is 35.5. The molecule has 0 saturated heterocycles. The molecule has 0 radical (unpaired) electrons. The number of hydrogen-bond donors (Lipinski definition) is 3. The number of nitrogens with one attached hydrogen (secondary N) is 1. The fourth-order valence-electron chi connectivity index (χ4n) is 1.74. The molecule has 2 rings (SSSR count). The molecule has 1 aromatic carbocycles. The molecule has 0 unspecified atom stereocenters. The first-order valence-electron chi connectivity index (χ1n) is 5.65. The zero-order valence-corrected chi connectivity index (χ0v) is 11.6. The van der Waals surface area contributed by atoms with Gasteiger partial charge in [0.15, 0.2) is 0 Å². The Morgan fingerprint density at radius 2 is 2.26 bits per heavy atom. The maximum atomic E-state index is 11.2. The van der Waals surface area contributed by atoms with Crippen LogP contribution in [0.2, 0.25) is 5.02 Å². The molecule has 0 atom stereocenters. The Kier molecular flexibility index (Phi) is 4.29. The summed E-state index contributed by atoms with van der Waals surface area (Å²) in [5, 5.41) is 16.6. The molecule has 0 aliphatic rings. The molecule has 19 heavy (non-hydrogen) atoms. The van der Waals surface area contributed by atoms with Crippen molar-refractivity contribution in [3.05, 3.63) is 45.1 Å². The van der Waals surface area contributed by atoms with Gasteiger partial charge in [0.2, 0.25) is 0 Å². The molecule has 0 aliphatic carbocycles. The third-order valence-corrected chi connectivity index (χ3v) is 3.67. The topological polar surface area (TPSA) is 75.3 Å². The van der Waals surface area contributed by atoms with Gasteiger partial charge in [-0.1, -0.05) is 11.6 Å². The summed E-state index contributed by atoms with van der Waals surface area (Å²) in [5.41, 5.74) is 7.65. The highest BCUT2D eigenvalue weighted by Gasteiger charge is 2.14. The number of thiophene rings is 1. The van der Waals surface area contributed by atoms with Crippen molar-refractivity contribution in [2.24, 2.45) is 0 Å². The standard InChI is InChI=1S/C13H13ClN2O2S/c14-11-6-9(15)5-10(13(17)18)12(11)16-3-1-8-2-4-19-7-8/h2,4-7,16H,1,3,15H2,(H,17,18). The molecule has 0 saturated carbocycles. The molecule has 0 amide bonds. The summed E-state index contributed by atoms with van der Waals surface area (Å²) in [6.45, 7) is 0.612. The Morgan fingerprint density at radius 3 is 2.89 bits per heavy atom. The van der Waals surface area contributed by atoms with E-state index >= 15 is 0 Å². The Morgan fingerprint density at radius 1 is 1.47 bits per heavy atom. The lowest BCUT2D eigenvalue weighted by Gasteiger charge is -2.12. The van der Waals surface area contributed by atoms with E-state index in [1.165, 1.54) is 11.6 Å². The van der Waals surface area contributed by atoms with Gasteiger partial charge in [-0.3, -0.25) is 0 Å². The van der Waals surface area contributed by atoms with Crippen molar-refractivity contribution in [3.63, 3.8) is 0 Å². The monoisotopic (exact) mass is 296 g/mol. The number of carboxylic acid groups (broad SMARTS) is 1. The normalized spacial score (nSPS) is 10.4. The summed E-state index contributed by atoms with van der Waals surface area (Å²) in [6.07, 6.45) is 0.809. The van der Waals surface area contributed by atoms with E-state index in [1.807, 2.05) is 11.4 Å². The van der Waals surface area contributed by atoms with E-state index in [-0.39, 0.29) is 5.56 Å². The van der Waals surface area contributed by atoms with E-state index in [2.05, 4.69) is 10.7 Å². The molecule has 4 nitrogen and oxygen atoms in total. The Labute approximate surface area is 119 Å². The predicted molar refractivity (Wildman–Crippen MR) is 79.3 cm³/mol. The van der Waals surface area contributed by atoms with Gasteiger partial charge in [0.05, 0.1) is 16.3 Å². The van der Waals surface area contributed by atoms with Crippen LogP contribution in [-0.4, -0.2) is 17.6 Å². The molecule has 1 heterocycles. The van der Waals surface area contributed by atoms with E-state index in [0.29, 0.717) is 22.9 Å². The number of rotatable bonds is 5. The number of nitrogen functional groups attached to an aromatic ring is 1. The molecule has 2 aromatic rings. The van der Waals surface area contributed by atoms with Crippen molar-refractivity contribution in [3.8, 4) is 0 Å². The minimum atomic E-state index is -1.05. The summed E-state index contributed by atoms with van der Waals surface area (Å²) in [7, 11) is 0. The molecular formula is C13H13ClN2O2S. The number of aromatic carboxylic acids is 1. The van der Waals surface area contributed by atoms with Crippen LogP contribution in [0.4, 0.5) is 11.4 Å². The molecule has 1 aromatic heterocycles. The molecule has 0 aliphatic heterocycles. The van der Waals surface area contributed by atoms with Crippen LogP contribution < -0.4 is 11.1 Å². The van der Waals surface area contributed by atoms with Gasteiger partial charge in [0.25, 0.3) is 0 Å². The molecule has 0 bridgehead atoms. The average molecular weight is 297 g/mol. The molecule has 6 heteroatoms. The van der Waals surface area contributed by atoms with Gasteiger partial charge in [-0.05, 0) is 40.9 Å². The number of carbonyl (C=O) groups is 1. The summed E-state index contributed by atoms with van der Waals surface area (Å²) in [4.78, 5) is 11.2. The van der Waals surface area contributed by atoms with Crippen LogP contribution in [0.15, 0.2) is 29.0 Å². The summed E-state index contributed by atoms with van der Waals surface area (Å²) in [6, 6.07) is 4.98. The third-order valence-electron chi connectivity index (χ3n) is 2.64. The van der Waals surface area contributed by atoms with E-state index in [0.717, 1.165) is 6.42 Å². The second kappa shape index (κ2) is 5.95. The molecule has 4 N–H and O–H groups in total. The first kappa shape index (κ1) is 13.7. The lowest BCUT2D eigenvalue weighted by molar-refractivity contribution is 0.0698. The zero-order chi connectivity index (χ0) is 13.8. The lowest BCUT2D eigenvalue weighted by atomic mass is 10.1. The largest absolute Gasteiger partial charge is 0.478 e. The van der Waals surface area contributed by atoms with Crippen LogP contribution in [0.3, 0.4) is 0 Å². The third kappa shape index (κ3) is 3.39. The van der Waals surface area contributed by atoms with Gasteiger partial charge in [-0.15, -0.1) is 0 Å². The first-order valence-corrected chi connectivity index (χ1v) is 6.97. The molecule has 100 valence electrons. The number of nitrogens with two attached hydrogens (primary N) is 1. The van der Waals surface area contributed by atoms with Crippen LogP contribution in [0.5, 0.6) is 0 Å². The minimum Gasteiger partial charge on any atom is -0.478 e. The molecule has 0 fully saturated rings. The summed E-state index contributed by atoms with van der Waals surface area (Å²) >= 11 is 7.67. The maximum Gasteiger partial charge on any atom is 0.337 e. The highest BCUT2D eigenvalue weighted by molar-refractivity contribution is 7.07. The van der Waals surface area contributed by atoms with Crippen LogP contribution in [0.25, 0.3) is 0 Å². The second-order valence-corrected chi connectivity index (χ2v) is 5.23. The summed E-state index contributed by atoms with van der Waals surface area (Å²) in [5.74, 6) is -1.05. The minimum absolute atomic E-state index is 0.0929. The van der Waals surface area contributed by atoms with Crippen molar-refractivity contribution in [2.75, 3.05) is 17.6 Å². The Hall–Kier alpha value is -1.72. The van der Waals surface area contributed by atoms with Gasteiger partial charge in [0, 0.05) is 12.2 Å². The average Bonchev–Trinajstić information content (AvgIpc) is 2.84. The number of benzene rings is 1. The SMILES string of the molecule is Nc1cc(Cl)c(NCCc2ccsc2)c(C(=O)O)c1. The fourth-order valence-corrected chi connectivity index (χ4v) is 2.74. The van der Waals surface area contributed by atoms with Gasteiger partial charge in [-0.25, -0.2) is 4.79 Å². The van der Waals surface area contributed by atoms with Crippen molar-refractivity contribution in [1.82, 2.24) is 0 Å². The van der Waals surface area contributed by atoms with Crippen molar-refractivity contribution in [2.45, 2.75) is 6.42 Å². The van der Waals surface area contributed by atoms with Crippen LogP contribution in [-0.2, 0) is 6.42 Å². The quantitative estimate of drug-likeness (QED) is 0.740. The first-order chi connectivity index (χ1) is 9.08. The smallest absolute Gasteiger partial charge is 0.337 e. The van der Waals surface area contributed by atoms with E-state index < -0.39 is 5.97 Å². The molecular weight excluding hydrogens is 284 g/mol. The van der Waals surface area contributed by atoms with Crippen molar-refractivity contribution in [1.29, 1.82) is 0 Å². The number of anilines is 2. The van der Waals surface area contributed by atoms with Crippen molar-refractivity contribution >= 4 is 40.3 Å². The van der Waals surface area contributed by atoms with Gasteiger partial charge in [-0.2, -0.15) is 11.3 Å². The highest BCUT2D eigenvalue weighted by Crippen LogP contribution is 2.29. The van der Waals surface area contributed by atoms with Crippen LogP contribution >= 0.6 is 22.9 Å². The zero-order valence-electron chi connectivity index (χ0n) is 10.0. The van der Waals surface area contributed by atoms with Crippen LogP contribution in [0.1, 0.15) is 15.9 Å². The Balaban J connectivity index is 2.12.